The standard InChI is InChI=1S/C13H19O3P.C8H8/c1-4-12-7-9-13(10-8-12)11-17(14,15-5-2)16-6-3;1-2-8-6-4-3-5-7-8/h4,7-10H,1,5-6,11H2,2-3H3;2-7H,1H2. The Morgan fingerprint density at radius 2 is 1.32 bits per heavy atom. The van der Waals surface area contributed by atoms with Gasteiger partial charge in [-0.25, -0.2) is 0 Å². The van der Waals surface area contributed by atoms with Gasteiger partial charge in [0.1, 0.15) is 0 Å². The molecule has 0 radical (unpaired) electrons. The molecular formula is C21H27O3P. The minimum absolute atomic E-state index is 0.312. The van der Waals surface area contributed by atoms with Crippen LogP contribution in [0.4, 0.5) is 0 Å². The highest BCUT2D eigenvalue weighted by Crippen LogP contribution is 2.51. The third-order valence-corrected chi connectivity index (χ3v) is 5.33. The van der Waals surface area contributed by atoms with E-state index in [-0.39, 0.29) is 0 Å². The topological polar surface area (TPSA) is 35.5 Å². The summed E-state index contributed by atoms with van der Waals surface area (Å²) < 4.78 is 22.8. The Bertz CT molecular complexity index is 668. The molecule has 0 atom stereocenters. The normalized spacial score (nSPS) is 10.5. The van der Waals surface area contributed by atoms with E-state index in [2.05, 4.69) is 13.2 Å². The van der Waals surface area contributed by atoms with Crippen LogP contribution in [0.15, 0.2) is 67.8 Å². The van der Waals surface area contributed by atoms with Crippen LogP contribution in [0, 0.1) is 0 Å². The molecule has 0 aliphatic carbocycles. The number of rotatable bonds is 8. The zero-order valence-electron chi connectivity index (χ0n) is 15.1. The van der Waals surface area contributed by atoms with Crippen LogP contribution in [-0.4, -0.2) is 13.2 Å². The second-order valence-electron chi connectivity index (χ2n) is 5.17. The van der Waals surface area contributed by atoms with E-state index in [9.17, 15) is 4.57 Å². The van der Waals surface area contributed by atoms with E-state index in [0.717, 1.165) is 11.1 Å². The largest absolute Gasteiger partial charge is 0.335 e. The van der Waals surface area contributed by atoms with Gasteiger partial charge in [-0.2, -0.15) is 0 Å². The molecule has 0 N–H and O–H groups in total. The zero-order chi connectivity index (χ0) is 18.5. The van der Waals surface area contributed by atoms with E-state index in [1.807, 2.05) is 74.5 Å². The summed E-state index contributed by atoms with van der Waals surface area (Å²) in [7, 11) is -2.99. The maximum atomic E-state index is 12.3. The molecule has 0 heterocycles. The van der Waals surface area contributed by atoms with Crippen LogP contribution >= 0.6 is 7.60 Å². The first-order chi connectivity index (χ1) is 12.1. The molecule has 0 aromatic heterocycles. The third kappa shape index (κ3) is 8.13. The Morgan fingerprint density at radius 1 is 0.840 bits per heavy atom. The van der Waals surface area contributed by atoms with E-state index < -0.39 is 7.60 Å². The van der Waals surface area contributed by atoms with Crippen molar-refractivity contribution in [1.29, 1.82) is 0 Å². The van der Waals surface area contributed by atoms with Crippen molar-refractivity contribution < 1.29 is 13.6 Å². The average Bonchev–Trinajstić information content (AvgIpc) is 2.64. The summed E-state index contributed by atoms with van der Waals surface area (Å²) in [5, 5.41) is 0. The van der Waals surface area contributed by atoms with Crippen molar-refractivity contribution in [3.63, 3.8) is 0 Å². The highest BCUT2D eigenvalue weighted by molar-refractivity contribution is 7.53. The SMILES string of the molecule is C=Cc1ccc(CP(=O)(OCC)OCC)cc1.C=Cc1ccccc1. The molecule has 0 amide bonds. The summed E-state index contributed by atoms with van der Waals surface area (Å²) in [6.45, 7) is 11.7. The van der Waals surface area contributed by atoms with Crippen molar-refractivity contribution in [2.45, 2.75) is 20.0 Å². The van der Waals surface area contributed by atoms with Gasteiger partial charge in [-0.05, 0) is 30.5 Å². The maximum absolute atomic E-state index is 12.3. The van der Waals surface area contributed by atoms with Crippen LogP contribution in [0.1, 0.15) is 30.5 Å². The number of benzene rings is 2. The molecular weight excluding hydrogens is 331 g/mol. The molecule has 0 saturated carbocycles. The highest BCUT2D eigenvalue weighted by Gasteiger charge is 2.23. The molecule has 2 aromatic rings. The lowest BCUT2D eigenvalue weighted by molar-refractivity contribution is 0.219. The van der Waals surface area contributed by atoms with Crippen LogP contribution < -0.4 is 0 Å². The average molecular weight is 358 g/mol. The Hall–Kier alpha value is -1.93. The predicted molar refractivity (Wildman–Crippen MR) is 108 cm³/mol. The molecule has 2 aromatic carbocycles. The summed E-state index contributed by atoms with van der Waals surface area (Å²) in [6.07, 6.45) is 3.92. The molecule has 3 nitrogen and oxygen atoms in total. The van der Waals surface area contributed by atoms with E-state index in [1.54, 1.807) is 6.08 Å². The van der Waals surface area contributed by atoms with E-state index in [4.69, 9.17) is 9.05 Å². The monoisotopic (exact) mass is 358 g/mol. The fraction of sp³-hybridized carbons (Fsp3) is 0.238. The molecule has 0 aliphatic rings. The van der Waals surface area contributed by atoms with E-state index in [1.165, 1.54) is 5.56 Å². The van der Waals surface area contributed by atoms with Crippen molar-refractivity contribution >= 4 is 19.7 Å². The second-order valence-corrected chi connectivity index (χ2v) is 7.22. The van der Waals surface area contributed by atoms with Crippen LogP contribution in [0.3, 0.4) is 0 Å². The first-order valence-corrected chi connectivity index (χ1v) is 10.1. The smallest absolute Gasteiger partial charge is 0.309 e. The highest BCUT2D eigenvalue weighted by atomic mass is 31.2. The Labute approximate surface area is 151 Å². The summed E-state index contributed by atoms with van der Waals surface area (Å²) in [4.78, 5) is 0. The van der Waals surface area contributed by atoms with Crippen LogP contribution in [0.5, 0.6) is 0 Å². The summed E-state index contributed by atoms with van der Waals surface area (Å²) in [6, 6.07) is 17.7. The van der Waals surface area contributed by atoms with Gasteiger partial charge in [0, 0.05) is 0 Å². The van der Waals surface area contributed by atoms with Gasteiger partial charge >= 0.3 is 7.60 Å². The Morgan fingerprint density at radius 3 is 1.72 bits per heavy atom. The maximum Gasteiger partial charge on any atom is 0.335 e. The summed E-state index contributed by atoms with van der Waals surface area (Å²) >= 11 is 0. The predicted octanol–water partition coefficient (Wildman–Crippen LogP) is 6.43. The molecule has 134 valence electrons. The lowest BCUT2D eigenvalue weighted by Crippen LogP contribution is -1.99. The molecule has 25 heavy (non-hydrogen) atoms. The van der Waals surface area contributed by atoms with Gasteiger partial charge in [0.05, 0.1) is 19.4 Å². The van der Waals surface area contributed by atoms with Crippen molar-refractivity contribution in [2.75, 3.05) is 13.2 Å². The molecule has 0 fully saturated rings. The first kappa shape index (κ1) is 21.1. The molecule has 4 heteroatoms. The van der Waals surface area contributed by atoms with Gasteiger partial charge in [0.25, 0.3) is 0 Å². The summed E-state index contributed by atoms with van der Waals surface area (Å²) in [5.41, 5.74) is 3.16. The van der Waals surface area contributed by atoms with Crippen molar-refractivity contribution in [1.82, 2.24) is 0 Å². The van der Waals surface area contributed by atoms with Crippen LogP contribution in [-0.2, 0) is 19.8 Å². The fourth-order valence-electron chi connectivity index (χ4n) is 2.09. The van der Waals surface area contributed by atoms with Gasteiger partial charge in [0.2, 0.25) is 0 Å². The van der Waals surface area contributed by atoms with Gasteiger partial charge in [-0.1, -0.05) is 79.9 Å². The zero-order valence-corrected chi connectivity index (χ0v) is 16.0. The van der Waals surface area contributed by atoms with E-state index >= 15 is 0 Å². The number of hydrogen-bond acceptors (Lipinski definition) is 3. The van der Waals surface area contributed by atoms with Gasteiger partial charge in [-0.3, -0.25) is 4.57 Å². The first-order valence-electron chi connectivity index (χ1n) is 8.33. The fourth-order valence-corrected chi connectivity index (χ4v) is 3.80. The molecule has 2 rings (SSSR count). The Kier molecular flexibility index (Phi) is 9.79. The van der Waals surface area contributed by atoms with E-state index in [0.29, 0.717) is 19.4 Å². The van der Waals surface area contributed by atoms with Crippen LogP contribution in [0.2, 0.25) is 0 Å². The summed E-state index contributed by atoms with van der Waals surface area (Å²) in [5.74, 6) is 0. The van der Waals surface area contributed by atoms with Crippen molar-refractivity contribution in [3.8, 4) is 0 Å². The molecule has 0 spiro atoms. The quantitative estimate of drug-likeness (QED) is 0.510. The minimum Gasteiger partial charge on any atom is -0.309 e. The third-order valence-electron chi connectivity index (χ3n) is 3.28. The van der Waals surface area contributed by atoms with Gasteiger partial charge in [-0.15, -0.1) is 0 Å². The molecule has 0 saturated heterocycles. The lowest BCUT2D eigenvalue weighted by Gasteiger charge is -2.16. The van der Waals surface area contributed by atoms with Crippen molar-refractivity contribution in [2.24, 2.45) is 0 Å². The molecule has 0 aliphatic heterocycles. The van der Waals surface area contributed by atoms with Gasteiger partial charge < -0.3 is 9.05 Å². The minimum atomic E-state index is -2.99. The molecule has 0 bridgehead atoms. The van der Waals surface area contributed by atoms with Crippen molar-refractivity contribution in [3.05, 3.63) is 84.4 Å². The number of hydrogen-bond donors (Lipinski definition) is 0. The van der Waals surface area contributed by atoms with Gasteiger partial charge in [0.15, 0.2) is 0 Å². The second kappa shape index (κ2) is 11.6. The lowest BCUT2D eigenvalue weighted by atomic mass is 10.1. The van der Waals surface area contributed by atoms with Crippen LogP contribution in [0.25, 0.3) is 12.2 Å². The Balaban J connectivity index is 0.000000324. The molecule has 0 unspecified atom stereocenters.